The van der Waals surface area contributed by atoms with Gasteiger partial charge in [0.2, 0.25) is 0 Å². The van der Waals surface area contributed by atoms with Gasteiger partial charge in [-0.3, -0.25) is 0 Å². The number of aliphatic hydroxyl groups excluding tert-OH is 1. The first-order valence-electron chi connectivity index (χ1n) is 5.61. The van der Waals surface area contributed by atoms with Gasteiger partial charge in [-0.25, -0.2) is 0 Å². The van der Waals surface area contributed by atoms with E-state index >= 15 is 0 Å². The van der Waals surface area contributed by atoms with Crippen LogP contribution < -0.4 is 0 Å². The second-order valence-corrected chi connectivity index (χ2v) is 4.45. The van der Waals surface area contributed by atoms with Crippen LogP contribution in [0.3, 0.4) is 0 Å². The molecule has 0 spiro atoms. The Morgan fingerprint density at radius 3 is 2.93 bits per heavy atom. The van der Waals surface area contributed by atoms with Crippen molar-refractivity contribution in [1.29, 1.82) is 0 Å². The lowest BCUT2D eigenvalue weighted by Crippen LogP contribution is -2.35. The van der Waals surface area contributed by atoms with Gasteiger partial charge in [0.1, 0.15) is 0 Å². The molecule has 1 aliphatic rings. The van der Waals surface area contributed by atoms with E-state index in [4.69, 9.17) is 4.74 Å². The molecule has 0 amide bonds. The van der Waals surface area contributed by atoms with Crippen LogP contribution in [0.5, 0.6) is 0 Å². The molecule has 1 heterocycles. The van der Waals surface area contributed by atoms with Crippen LogP contribution in [0.2, 0.25) is 0 Å². The molecule has 3 nitrogen and oxygen atoms in total. The van der Waals surface area contributed by atoms with Crippen molar-refractivity contribution in [2.75, 3.05) is 33.4 Å². The molecule has 1 rings (SSSR count). The van der Waals surface area contributed by atoms with Crippen LogP contribution in [-0.2, 0) is 4.74 Å². The topological polar surface area (TPSA) is 32.7 Å². The SMILES string of the molecule is COCC(O)CN1CCCC(C)CC1. The standard InChI is InChI=1S/C11H23NO2/c1-10-4-3-6-12(7-5-10)8-11(13)9-14-2/h10-11,13H,3-9H2,1-2H3. The van der Waals surface area contributed by atoms with E-state index in [1.165, 1.54) is 19.3 Å². The molecule has 0 aromatic rings. The second-order valence-electron chi connectivity index (χ2n) is 4.45. The van der Waals surface area contributed by atoms with E-state index in [0.717, 1.165) is 25.6 Å². The van der Waals surface area contributed by atoms with Crippen LogP contribution in [0.15, 0.2) is 0 Å². The van der Waals surface area contributed by atoms with E-state index in [9.17, 15) is 5.11 Å². The average Bonchev–Trinajstić information content (AvgIpc) is 2.32. The summed E-state index contributed by atoms with van der Waals surface area (Å²) in [5.74, 6) is 0.847. The van der Waals surface area contributed by atoms with Gasteiger partial charge in [0.15, 0.2) is 0 Å². The monoisotopic (exact) mass is 201 g/mol. The lowest BCUT2D eigenvalue weighted by atomic mass is 10.0. The Hall–Kier alpha value is -0.120. The molecule has 0 saturated carbocycles. The molecular weight excluding hydrogens is 178 g/mol. The van der Waals surface area contributed by atoms with Crippen molar-refractivity contribution in [1.82, 2.24) is 4.90 Å². The summed E-state index contributed by atoms with van der Waals surface area (Å²) in [7, 11) is 1.63. The van der Waals surface area contributed by atoms with E-state index < -0.39 is 0 Å². The van der Waals surface area contributed by atoms with Gasteiger partial charge in [-0.15, -0.1) is 0 Å². The fourth-order valence-corrected chi connectivity index (χ4v) is 2.05. The van der Waals surface area contributed by atoms with Crippen LogP contribution in [0.1, 0.15) is 26.2 Å². The summed E-state index contributed by atoms with van der Waals surface area (Å²) in [4.78, 5) is 2.35. The molecule has 1 N–H and O–H groups in total. The quantitative estimate of drug-likeness (QED) is 0.739. The zero-order chi connectivity index (χ0) is 10.4. The minimum Gasteiger partial charge on any atom is -0.389 e. The van der Waals surface area contributed by atoms with Gasteiger partial charge in [0.25, 0.3) is 0 Å². The first kappa shape index (κ1) is 12.0. The molecule has 1 fully saturated rings. The fourth-order valence-electron chi connectivity index (χ4n) is 2.05. The van der Waals surface area contributed by atoms with Crippen molar-refractivity contribution in [3.8, 4) is 0 Å². The number of β-amino-alcohol motifs (C(OH)–C–C–N with tert-alkyl or cyclic N) is 1. The molecule has 1 saturated heterocycles. The van der Waals surface area contributed by atoms with Crippen molar-refractivity contribution in [2.45, 2.75) is 32.3 Å². The summed E-state index contributed by atoms with van der Waals surface area (Å²) in [6.07, 6.45) is 3.53. The van der Waals surface area contributed by atoms with Crippen molar-refractivity contribution in [3.05, 3.63) is 0 Å². The molecule has 14 heavy (non-hydrogen) atoms. The highest BCUT2D eigenvalue weighted by molar-refractivity contribution is 4.70. The van der Waals surface area contributed by atoms with Gasteiger partial charge in [-0.1, -0.05) is 6.92 Å². The molecule has 0 bridgehead atoms. The van der Waals surface area contributed by atoms with Gasteiger partial charge in [0, 0.05) is 13.7 Å². The Bertz CT molecular complexity index is 152. The van der Waals surface area contributed by atoms with Gasteiger partial charge >= 0.3 is 0 Å². The van der Waals surface area contributed by atoms with E-state index in [-0.39, 0.29) is 6.10 Å². The molecule has 0 aliphatic carbocycles. The maximum Gasteiger partial charge on any atom is 0.0900 e. The Labute approximate surface area is 87.1 Å². The van der Waals surface area contributed by atoms with Crippen molar-refractivity contribution in [2.24, 2.45) is 5.92 Å². The maximum atomic E-state index is 9.59. The van der Waals surface area contributed by atoms with Crippen LogP contribution in [0, 0.1) is 5.92 Å². The molecule has 2 unspecified atom stereocenters. The molecular formula is C11H23NO2. The van der Waals surface area contributed by atoms with Gasteiger partial charge in [0.05, 0.1) is 12.7 Å². The molecule has 1 aliphatic heterocycles. The minimum atomic E-state index is -0.326. The Kier molecular flexibility index (Phi) is 5.45. The van der Waals surface area contributed by atoms with E-state index in [0.29, 0.717) is 6.61 Å². The number of nitrogens with zero attached hydrogens (tertiary/aromatic N) is 1. The molecule has 3 heteroatoms. The summed E-state index contributed by atoms with van der Waals surface area (Å²) in [5.41, 5.74) is 0. The minimum absolute atomic E-state index is 0.326. The lowest BCUT2D eigenvalue weighted by molar-refractivity contribution is 0.0383. The molecule has 84 valence electrons. The third kappa shape index (κ3) is 4.40. The number of methoxy groups -OCH3 is 1. The zero-order valence-corrected chi connectivity index (χ0v) is 9.41. The van der Waals surface area contributed by atoms with Gasteiger partial charge in [-0.05, 0) is 38.3 Å². The lowest BCUT2D eigenvalue weighted by Gasteiger charge is -2.22. The molecule has 0 aromatic carbocycles. The number of ether oxygens (including phenoxy) is 1. The first-order valence-corrected chi connectivity index (χ1v) is 5.61. The van der Waals surface area contributed by atoms with E-state index in [2.05, 4.69) is 11.8 Å². The van der Waals surface area contributed by atoms with Crippen LogP contribution in [0.4, 0.5) is 0 Å². The van der Waals surface area contributed by atoms with Crippen LogP contribution >= 0.6 is 0 Å². The normalized spacial score (nSPS) is 27.2. The smallest absolute Gasteiger partial charge is 0.0900 e. The van der Waals surface area contributed by atoms with E-state index in [1.54, 1.807) is 7.11 Å². The van der Waals surface area contributed by atoms with Crippen molar-refractivity contribution < 1.29 is 9.84 Å². The summed E-state index contributed by atoms with van der Waals surface area (Å²) in [5, 5.41) is 9.59. The summed E-state index contributed by atoms with van der Waals surface area (Å²) < 4.78 is 4.92. The van der Waals surface area contributed by atoms with Gasteiger partial charge in [-0.2, -0.15) is 0 Å². The van der Waals surface area contributed by atoms with Crippen molar-refractivity contribution >= 4 is 0 Å². The Morgan fingerprint density at radius 1 is 1.43 bits per heavy atom. The Balaban J connectivity index is 2.22. The fraction of sp³-hybridized carbons (Fsp3) is 1.00. The molecule has 0 aromatic heterocycles. The highest BCUT2D eigenvalue weighted by Gasteiger charge is 2.16. The maximum absolute atomic E-state index is 9.59. The average molecular weight is 201 g/mol. The number of aliphatic hydroxyl groups is 1. The van der Waals surface area contributed by atoms with Crippen LogP contribution in [-0.4, -0.2) is 49.5 Å². The third-order valence-corrected chi connectivity index (χ3v) is 2.94. The molecule has 2 atom stereocenters. The number of hydrogen-bond acceptors (Lipinski definition) is 3. The predicted molar refractivity (Wildman–Crippen MR) is 57.3 cm³/mol. The highest BCUT2D eigenvalue weighted by atomic mass is 16.5. The summed E-state index contributed by atoms with van der Waals surface area (Å²) >= 11 is 0. The Morgan fingerprint density at radius 2 is 2.21 bits per heavy atom. The summed E-state index contributed by atoms with van der Waals surface area (Å²) in [6, 6.07) is 0. The van der Waals surface area contributed by atoms with Gasteiger partial charge < -0.3 is 14.7 Å². The largest absolute Gasteiger partial charge is 0.389 e. The third-order valence-electron chi connectivity index (χ3n) is 2.94. The predicted octanol–water partition coefficient (Wildman–Crippen LogP) is 1.12. The summed E-state index contributed by atoms with van der Waals surface area (Å²) in [6.45, 7) is 5.79. The van der Waals surface area contributed by atoms with Crippen molar-refractivity contribution in [3.63, 3.8) is 0 Å². The number of rotatable bonds is 4. The zero-order valence-electron chi connectivity index (χ0n) is 9.41. The first-order chi connectivity index (χ1) is 6.72. The second kappa shape index (κ2) is 6.38. The number of hydrogen-bond donors (Lipinski definition) is 1. The molecule has 0 radical (unpaired) electrons. The van der Waals surface area contributed by atoms with E-state index in [1.807, 2.05) is 0 Å². The highest BCUT2D eigenvalue weighted by Crippen LogP contribution is 2.16. The number of likely N-dealkylation sites (tertiary alicyclic amines) is 1. The van der Waals surface area contributed by atoms with Crippen LogP contribution in [0.25, 0.3) is 0 Å².